The summed E-state index contributed by atoms with van der Waals surface area (Å²) in [6, 6.07) is 17.6. The first-order valence-electron chi connectivity index (χ1n) is 18.6. The Bertz CT molecular complexity index is 1900. The number of aromatic amines is 2. The zero-order chi connectivity index (χ0) is 42.9. The highest BCUT2D eigenvalue weighted by molar-refractivity contribution is 5.38. The summed E-state index contributed by atoms with van der Waals surface area (Å²) in [6.07, 6.45) is -1.08. The molecule has 8 N–H and O–H groups in total. The summed E-state index contributed by atoms with van der Waals surface area (Å²) >= 11 is 0. The van der Waals surface area contributed by atoms with E-state index in [0.717, 1.165) is 28.6 Å². The van der Waals surface area contributed by atoms with Crippen LogP contribution in [-0.2, 0) is 6.18 Å². The van der Waals surface area contributed by atoms with Crippen LogP contribution < -0.4 is 28.3 Å². The fourth-order valence-corrected chi connectivity index (χ4v) is 4.80. The van der Waals surface area contributed by atoms with Gasteiger partial charge < -0.3 is 27.2 Å². The average Bonchev–Trinajstić information content (AvgIpc) is 3.08. The molecule has 0 aromatic carbocycles. The van der Waals surface area contributed by atoms with E-state index in [9.17, 15) is 22.8 Å². The van der Waals surface area contributed by atoms with E-state index in [1.807, 2.05) is 38.1 Å². The Morgan fingerprint density at radius 3 is 1.04 bits per heavy atom. The molecule has 10 nitrogen and oxygen atoms in total. The predicted molar refractivity (Wildman–Crippen MR) is 225 cm³/mol. The molecule has 0 fully saturated rings. The molecular formula is C43H61F3N8O2. The minimum Gasteiger partial charge on any atom is -0.384 e. The highest BCUT2D eigenvalue weighted by Gasteiger charge is 2.33. The van der Waals surface area contributed by atoms with Gasteiger partial charge in [-0.25, -0.2) is 15.0 Å². The number of anilines is 3. The first kappa shape index (κ1) is 48.6. The highest BCUT2D eigenvalue weighted by Crippen LogP contribution is 2.30. The molecule has 0 spiro atoms. The predicted octanol–water partition coefficient (Wildman–Crippen LogP) is 9.99. The van der Waals surface area contributed by atoms with Crippen molar-refractivity contribution in [2.24, 2.45) is 0 Å². The van der Waals surface area contributed by atoms with Gasteiger partial charge in [-0.2, -0.15) is 13.2 Å². The number of pyridine rings is 5. The van der Waals surface area contributed by atoms with Crippen molar-refractivity contribution in [1.29, 1.82) is 0 Å². The molecule has 0 radical (unpaired) electrons. The van der Waals surface area contributed by atoms with E-state index in [2.05, 4.69) is 92.4 Å². The first-order valence-corrected chi connectivity index (χ1v) is 18.6. The number of nitrogens with two attached hydrogens (primary N) is 3. The van der Waals surface area contributed by atoms with Crippen molar-refractivity contribution in [2.75, 3.05) is 17.2 Å². The van der Waals surface area contributed by atoms with Gasteiger partial charge >= 0.3 is 6.18 Å². The summed E-state index contributed by atoms with van der Waals surface area (Å²) < 4.78 is 36.9. The number of aromatic nitrogens is 5. The van der Waals surface area contributed by atoms with Gasteiger partial charge in [-0.05, 0) is 120 Å². The fourth-order valence-electron chi connectivity index (χ4n) is 4.80. The second kappa shape index (κ2) is 22.8. The monoisotopic (exact) mass is 778 g/mol. The lowest BCUT2D eigenvalue weighted by molar-refractivity contribution is -0.141. The highest BCUT2D eigenvalue weighted by atomic mass is 19.4. The van der Waals surface area contributed by atoms with Crippen LogP contribution in [0.1, 0.15) is 144 Å². The lowest BCUT2D eigenvalue weighted by atomic mass is 10.0. The maximum Gasteiger partial charge on any atom is 0.433 e. The Hall–Kier alpha value is -5.46. The lowest BCUT2D eigenvalue weighted by Gasteiger charge is -2.11. The number of hydrogen-bond acceptors (Lipinski definition) is 8. The number of aryl methyl sites for hydroxylation is 2. The Kier molecular flexibility index (Phi) is 19.8. The van der Waals surface area contributed by atoms with E-state index in [0.29, 0.717) is 40.9 Å². The maximum absolute atomic E-state index is 12.3. The van der Waals surface area contributed by atoms with Crippen molar-refractivity contribution in [1.82, 2.24) is 24.9 Å². The van der Waals surface area contributed by atoms with Crippen LogP contribution in [0.3, 0.4) is 0 Å². The van der Waals surface area contributed by atoms with E-state index in [-0.39, 0.29) is 22.9 Å². The normalized spacial score (nSPS) is 10.9. The van der Waals surface area contributed by atoms with Gasteiger partial charge in [0, 0.05) is 35.9 Å². The first-order chi connectivity index (χ1) is 25.9. The van der Waals surface area contributed by atoms with Crippen molar-refractivity contribution in [3.05, 3.63) is 139 Å². The van der Waals surface area contributed by atoms with Gasteiger partial charge in [0.25, 0.3) is 0 Å². The van der Waals surface area contributed by atoms with Gasteiger partial charge in [-0.3, -0.25) is 9.59 Å². The number of rotatable bonds is 5. The Balaban J connectivity index is 0.000000352. The molecule has 0 atom stereocenters. The molecule has 0 aliphatic carbocycles. The van der Waals surface area contributed by atoms with E-state index < -0.39 is 11.9 Å². The second-order valence-corrected chi connectivity index (χ2v) is 14.9. The summed E-state index contributed by atoms with van der Waals surface area (Å²) in [6.45, 7) is 24.4. The standard InChI is InChI=1S/C9H11F3N2.2C9H14N2.2C8H11NO/c1-5(2)6-3-7(9(10,11)12)14-8(13)4-6;2*1-6(2)8-4-7(3)11-9(10)5-8;2*1-6(2)7-3-4-9-8(10)5-7/h3-5H,1-2H3,(H2,13,14);2*4-6H,1-3H3,(H2,10,11);2*3-6H,1-2H3,(H,9,10). The summed E-state index contributed by atoms with van der Waals surface area (Å²) in [4.78, 5) is 38.0. The smallest absolute Gasteiger partial charge is 0.384 e. The molecule has 0 saturated carbocycles. The molecule has 0 aliphatic heterocycles. The van der Waals surface area contributed by atoms with Gasteiger partial charge in [0.05, 0.1) is 0 Å². The number of halogens is 3. The molecule has 0 bridgehead atoms. The minimum absolute atomic E-state index is 0.00130. The molecular weight excluding hydrogens is 718 g/mol. The lowest BCUT2D eigenvalue weighted by Crippen LogP contribution is -2.10. The van der Waals surface area contributed by atoms with Crippen LogP contribution in [0.2, 0.25) is 0 Å². The summed E-state index contributed by atoms with van der Waals surface area (Å²) in [5.41, 5.74) is 22.7. The third kappa shape index (κ3) is 18.7. The largest absolute Gasteiger partial charge is 0.433 e. The van der Waals surface area contributed by atoms with E-state index in [1.54, 1.807) is 38.4 Å². The molecule has 5 heterocycles. The summed E-state index contributed by atoms with van der Waals surface area (Å²) in [5, 5.41) is 0. The number of hydrogen-bond donors (Lipinski definition) is 5. The average molecular weight is 779 g/mol. The van der Waals surface area contributed by atoms with Crippen molar-refractivity contribution in [3.8, 4) is 0 Å². The molecule has 0 aliphatic rings. The van der Waals surface area contributed by atoms with E-state index in [4.69, 9.17) is 17.2 Å². The number of nitrogens with zero attached hydrogens (tertiary/aromatic N) is 3. The fraction of sp³-hybridized carbons (Fsp3) is 0.419. The van der Waals surface area contributed by atoms with E-state index >= 15 is 0 Å². The molecule has 13 heteroatoms. The van der Waals surface area contributed by atoms with Crippen LogP contribution in [0.15, 0.2) is 82.6 Å². The topological polar surface area (TPSA) is 182 Å². The van der Waals surface area contributed by atoms with Crippen LogP contribution in [0.25, 0.3) is 0 Å². The van der Waals surface area contributed by atoms with Gasteiger partial charge in [0.2, 0.25) is 11.1 Å². The van der Waals surface area contributed by atoms with Gasteiger partial charge in [0.1, 0.15) is 23.1 Å². The Labute approximate surface area is 329 Å². The molecule has 5 aromatic rings. The quantitative estimate of drug-likeness (QED) is 0.117. The van der Waals surface area contributed by atoms with Crippen LogP contribution >= 0.6 is 0 Å². The Morgan fingerprint density at radius 2 is 0.786 bits per heavy atom. The van der Waals surface area contributed by atoms with Crippen molar-refractivity contribution in [3.63, 3.8) is 0 Å². The maximum atomic E-state index is 12.3. The SMILES string of the molecule is CC(C)c1cc(N)nc(C(F)(F)F)c1.CC(C)c1cc[nH]c(=O)c1.CC(C)c1cc[nH]c(=O)c1.Cc1cc(C(C)C)cc(N)n1.Cc1cc(C(C)C)cc(N)n1. The second-order valence-electron chi connectivity index (χ2n) is 14.9. The number of alkyl halides is 3. The third-order valence-corrected chi connectivity index (χ3v) is 8.08. The van der Waals surface area contributed by atoms with Crippen LogP contribution in [0.5, 0.6) is 0 Å². The van der Waals surface area contributed by atoms with Crippen LogP contribution in [0.4, 0.5) is 30.6 Å². The number of nitrogens with one attached hydrogen (secondary N) is 2. The van der Waals surface area contributed by atoms with Crippen molar-refractivity contribution in [2.45, 2.75) is 119 Å². The van der Waals surface area contributed by atoms with Gasteiger partial charge in [0.15, 0.2) is 0 Å². The molecule has 5 aromatic heterocycles. The van der Waals surface area contributed by atoms with E-state index in [1.165, 1.54) is 17.2 Å². The van der Waals surface area contributed by atoms with Crippen molar-refractivity contribution >= 4 is 17.5 Å². The van der Waals surface area contributed by atoms with Crippen LogP contribution in [-0.4, -0.2) is 24.9 Å². The molecule has 56 heavy (non-hydrogen) atoms. The third-order valence-electron chi connectivity index (χ3n) is 8.08. The summed E-state index contributed by atoms with van der Waals surface area (Å²) in [5.74, 6) is 3.06. The zero-order valence-corrected chi connectivity index (χ0v) is 34.8. The molecule has 0 unspecified atom stereocenters. The van der Waals surface area contributed by atoms with Gasteiger partial charge in [-0.15, -0.1) is 0 Å². The molecule has 5 rings (SSSR count). The minimum atomic E-state index is -4.43. The molecule has 0 amide bonds. The van der Waals surface area contributed by atoms with Crippen molar-refractivity contribution < 1.29 is 13.2 Å². The number of H-pyrrole nitrogens is 2. The number of nitrogen functional groups attached to an aromatic ring is 3. The zero-order valence-electron chi connectivity index (χ0n) is 34.8. The van der Waals surface area contributed by atoms with Crippen LogP contribution in [0, 0.1) is 13.8 Å². The summed E-state index contributed by atoms with van der Waals surface area (Å²) in [7, 11) is 0. The Morgan fingerprint density at radius 1 is 0.482 bits per heavy atom. The molecule has 0 saturated heterocycles. The van der Waals surface area contributed by atoms with Gasteiger partial charge in [-0.1, -0.05) is 69.2 Å². The molecule has 306 valence electrons.